The van der Waals surface area contributed by atoms with Gasteiger partial charge < -0.3 is 10.6 Å². The normalized spacial score (nSPS) is 49.0. The second-order valence-corrected chi connectivity index (χ2v) is 7.09. The molecule has 0 bridgehead atoms. The molecule has 0 aromatic carbocycles. The quantitative estimate of drug-likeness (QED) is 0.805. The van der Waals surface area contributed by atoms with Crippen LogP contribution in [-0.2, 0) is 0 Å². The maximum absolute atomic E-state index is 4.04. The first kappa shape index (κ1) is 12.9. The fourth-order valence-electron chi connectivity index (χ4n) is 4.63. The standard InChI is InChI=1S/C16H30N2/c1-11-8-9-14(12(11)2)18-16-6-3-5-13(16)15-7-4-10-17-15/h11-18H,3-10H2,1-2H3. The van der Waals surface area contributed by atoms with Crippen molar-refractivity contribution in [2.45, 2.75) is 76.9 Å². The molecule has 0 aromatic heterocycles. The Morgan fingerprint density at radius 3 is 2.44 bits per heavy atom. The van der Waals surface area contributed by atoms with Crippen molar-refractivity contribution in [3.8, 4) is 0 Å². The van der Waals surface area contributed by atoms with E-state index >= 15 is 0 Å². The molecule has 2 heteroatoms. The van der Waals surface area contributed by atoms with Gasteiger partial charge in [0.15, 0.2) is 0 Å². The van der Waals surface area contributed by atoms with E-state index in [0.717, 1.165) is 35.9 Å². The Morgan fingerprint density at radius 1 is 0.889 bits per heavy atom. The van der Waals surface area contributed by atoms with Crippen molar-refractivity contribution >= 4 is 0 Å². The maximum atomic E-state index is 4.04. The van der Waals surface area contributed by atoms with Crippen molar-refractivity contribution in [1.82, 2.24) is 10.6 Å². The molecule has 2 N–H and O–H groups in total. The SMILES string of the molecule is CC1CCC(NC2CCCC2C2CCCN2)C1C. The van der Waals surface area contributed by atoms with Crippen LogP contribution < -0.4 is 10.6 Å². The highest BCUT2D eigenvalue weighted by Crippen LogP contribution is 2.36. The largest absolute Gasteiger partial charge is 0.314 e. The summed E-state index contributed by atoms with van der Waals surface area (Å²) in [6, 6.07) is 2.42. The Bertz CT molecular complexity index is 272. The third-order valence-electron chi connectivity index (χ3n) is 6.08. The Balaban J connectivity index is 1.57. The van der Waals surface area contributed by atoms with E-state index in [1.165, 1.54) is 51.5 Å². The van der Waals surface area contributed by atoms with Gasteiger partial charge in [-0.25, -0.2) is 0 Å². The minimum Gasteiger partial charge on any atom is -0.314 e. The monoisotopic (exact) mass is 250 g/mol. The lowest BCUT2D eigenvalue weighted by atomic mass is 9.91. The van der Waals surface area contributed by atoms with Crippen LogP contribution in [0.5, 0.6) is 0 Å². The second kappa shape index (κ2) is 5.50. The fraction of sp³-hybridized carbons (Fsp3) is 1.00. The van der Waals surface area contributed by atoms with Gasteiger partial charge in [0, 0.05) is 18.1 Å². The molecule has 18 heavy (non-hydrogen) atoms. The minimum atomic E-state index is 0.798. The molecule has 6 unspecified atom stereocenters. The molecule has 1 heterocycles. The first-order valence-corrected chi connectivity index (χ1v) is 8.25. The summed E-state index contributed by atoms with van der Waals surface area (Å²) in [5, 5.41) is 7.78. The zero-order valence-corrected chi connectivity index (χ0v) is 12.1. The molecule has 3 rings (SSSR count). The molecule has 2 nitrogen and oxygen atoms in total. The Hall–Kier alpha value is -0.0800. The molecule has 2 saturated carbocycles. The lowest BCUT2D eigenvalue weighted by molar-refractivity contribution is 0.269. The Labute approximate surface area is 112 Å². The van der Waals surface area contributed by atoms with Gasteiger partial charge in [0.1, 0.15) is 0 Å². The summed E-state index contributed by atoms with van der Waals surface area (Å²) in [5.41, 5.74) is 0. The molecule has 3 fully saturated rings. The van der Waals surface area contributed by atoms with Gasteiger partial charge in [0.2, 0.25) is 0 Å². The first-order valence-electron chi connectivity index (χ1n) is 8.25. The predicted molar refractivity (Wildman–Crippen MR) is 76.6 cm³/mol. The van der Waals surface area contributed by atoms with Crippen LogP contribution in [0.3, 0.4) is 0 Å². The van der Waals surface area contributed by atoms with Gasteiger partial charge in [0.05, 0.1) is 0 Å². The number of nitrogens with one attached hydrogen (secondary N) is 2. The van der Waals surface area contributed by atoms with Gasteiger partial charge in [-0.3, -0.25) is 0 Å². The molecule has 1 aliphatic heterocycles. The molecule has 0 radical (unpaired) electrons. The lowest BCUT2D eigenvalue weighted by Crippen LogP contribution is -2.47. The van der Waals surface area contributed by atoms with Crippen LogP contribution in [-0.4, -0.2) is 24.7 Å². The second-order valence-electron chi connectivity index (χ2n) is 7.09. The Kier molecular flexibility index (Phi) is 3.95. The molecule has 0 aromatic rings. The van der Waals surface area contributed by atoms with Crippen LogP contribution in [0.25, 0.3) is 0 Å². The van der Waals surface area contributed by atoms with Crippen LogP contribution in [0.2, 0.25) is 0 Å². The average molecular weight is 250 g/mol. The smallest absolute Gasteiger partial charge is 0.0113 e. The van der Waals surface area contributed by atoms with E-state index in [9.17, 15) is 0 Å². The molecule has 2 aliphatic carbocycles. The summed E-state index contributed by atoms with van der Waals surface area (Å²) >= 11 is 0. The lowest BCUT2D eigenvalue weighted by Gasteiger charge is -2.31. The van der Waals surface area contributed by atoms with Gasteiger partial charge in [-0.1, -0.05) is 20.3 Å². The third kappa shape index (κ3) is 2.46. The molecule has 0 amide bonds. The minimum absolute atomic E-state index is 0.798. The van der Waals surface area contributed by atoms with Crippen molar-refractivity contribution in [2.24, 2.45) is 17.8 Å². The summed E-state index contributed by atoms with van der Waals surface area (Å²) in [5.74, 6) is 2.71. The number of rotatable bonds is 3. The van der Waals surface area contributed by atoms with Crippen LogP contribution >= 0.6 is 0 Å². The van der Waals surface area contributed by atoms with Gasteiger partial charge in [-0.05, 0) is 62.8 Å². The van der Waals surface area contributed by atoms with Crippen LogP contribution in [0.1, 0.15) is 58.8 Å². The molecular formula is C16H30N2. The zero-order chi connectivity index (χ0) is 12.5. The predicted octanol–water partition coefficient (Wildman–Crippen LogP) is 2.93. The van der Waals surface area contributed by atoms with Crippen molar-refractivity contribution in [3.63, 3.8) is 0 Å². The fourth-order valence-corrected chi connectivity index (χ4v) is 4.63. The van der Waals surface area contributed by atoms with Crippen LogP contribution in [0, 0.1) is 17.8 Å². The highest BCUT2D eigenvalue weighted by atomic mass is 15.0. The summed E-state index contributed by atoms with van der Waals surface area (Å²) in [6.45, 7) is 6.13. The van der Waals surface area contributed by atoms with Crippen molar-refractivity contribution < 1.29 is 0 Å². The van der Waals surface area contributed by atoms with Crippen LogP contribution in [0.15, 0.2) is 0 Å². The summed E-state index contributed by atoms with van der Waals surface area (Å²) in [7, 11) is 0. The maximum Gasteiger partial charge on any atom is 0.0113 e. The summed E-state index contributed by atoms with van der Waals surface area (Å²) < 4.78 is 0. The molecule has 104 valence electrons. The highest BCUT2D eigenvalue weighted by molar-refractivity contribution is 4.96. The summed E-state index contributed by atoms with van der Waals surface area (Å²) in [6.07, 6.45) is 9.95. The number of hydrogen-bond donors (Lipinski definition) is 2. The molecular weight excluding hydrogens is 220 g/mol. The van der Waals surface area contributed by atoms with E-state index in [1.807, 2.05) is 0 Å². The molecule has 1 saturated heterocycles. The van der Waals surface area contributed by atoms with Gasteiger partial charge in [-0.15, -0.1) is 0 Å². The molecule has 6 atom stereocenters. The van der Waals surface area contributed by atoms with E-state index in [4.69, 9.17) is 0 Å². The van der Waals surface area contributed by atoms with Crippen molar-refractivity contribution in [1.29, 1.82) is 0 Å². The van der Waals surface area contributed by atoms with Gasteiger partial charge in [-0.2, -0.15) is 0 Å². The van der Waals surface area contributed by atoms with E-state index in [-0.39, 0.29) is 0 Å². The van der Waals surface area contributed by atoms with E-state index < -0.39 is 0 Å². The van der Waals surface area contributed by atoms with E-state index in [2.05, 4.69) is 24.5 Å². The topological polar surface area (TPSA) is 24.1 Å². The Morgan fingerprint density at radius 2 is 1.78 bits per heavy atom. The first-order chi connectivity index (χ1) is 8.75. The zero-order valence-electron chi connectivity index (χ0n) is 12.1. The van der Waals surface area contributed by atoms with Crippen molar-refractivity contribution in [3.05, 3.63) is 0 Å². The molecule has 3 aliphatic rings. The summed E-state index contributed by atoms with van der Waals surface area (Å²) in [4.78, 5) is 0. The molecule has 0 spiro atoms. The van der Waals surface area contributed by atoms with E-state index in [1.54, 1.807) is 0 Å². The van der Waals surface area contributed by atoms with Gasteiger partial charge in [0.25, 0.3) is 0 Å². The number of hydrogen-bond acceptors (Lipinski definition) is 2. The average Bonchev–Trinajstić information content (AvgIpc) is 3.06. The van der Waals surface area contributed by atoms with E-state index in [0.29, 0.717) is 0 Å². The van der Waals surface area contributed by atoms with Crippen LogP contribution in [0.4, 0.5) is 0 Å². The highest BCUT2D eigenvalue weighted by Gasteiger charge is 2.38. The third-order valence-corrected chi connectivity index (χ3v) is 6.08. The van der Waals surface area contributed by atoms with Crippen molar-refractivity contribution in [2.75, 3.05) is 6.54 Å². The van der Waals surface area contributed by atoms with Gasteiger partial charge >= 0.3 is 0 Å².